The highest BCUT2D eigenvalue weighted by Crippen LogP contribution is 2.47. The highest BCUT2D eigenvalue weighted by molar-refractivity contribution is 9.10. The second-order valence-corrected chi connectivity index (χ2v) is 11.5. The lowest BCUT2D eigenvalue weighted by molar-refractivity contribution is 0.0531. The SMILES string of the molecule is CCOC(=O)c1sc(N2N=C3/C(=C\c4ccc(Br)cc4)CCC[C@@H]3[C@H]2c2ccc(Br)cc2)nc1C. The number of hydrogen-bond donors (Lipinski definition) is 0. The van der Waals surface area contributed by atoms with E-state index in [0.717, 1.165) is 39.1 Å². The first kappa shape index (κ1) is 24.4. The van der Waals surface area contributed by atoms with E-state index in [9.17, 15) is 4.79 Å². The van der Waals surface area contributed by atoms with Gasteiger partial charge in [0.1, 0.15) is 4.88 Å². The van der Waals surface area contributed by atoms with E-state index >= 15 is 0 Å². The van der Waals surface area contributed by atoms with Crippen LogP contribution in [0.5, 0.6) is 0 Å². The number of rotatable bonds is 5. The van der Waals surface area contributed by atoms with Crippen LogP contribution in [0.4, 0.5) is 5.13 Å². The number of allylic oxidation sites excluding steroid dienone is 1. The van der Waals surface area contributed by atoms with Gasteiger partial charge < -0.3 is 4.74 Å². The van der Waals surface area contributed by atoms with E-state index < -0.39 is 0 Å². The molecule has 0 amide bonds. The summed E-state index contributed by atoms with van der Waals surface area (Å²) >= 11 is 8.44. The molecule has 1 fully saturated rings. The third kappa shape index (κ3) is 5.01. The predicted octanol–water partition coefficient (Wildman–Crippen LogP) is 7.95. The number of fused-ring (bicyclic) bond motifs is 1. The third-order valence-electron chi connectivity index (χ3n) is 6.37. The van der Waals surface area contributed by atoms with E-state index in [1.807, 2.05) is 18.9 Å². The van der Waals surface area contributed by atoms with Crippen molar-refractivity contribution < 1.29 is 9.53 Å². The maximum Gasteiger partial charge on any atom is 0.350 e. The molecule has 0 radical (unpaired) electrons. The van der Waals surface area contributed by atoms with Crippen molar-refractivity contribution in [2.24, 2.45) is 11.0 Å². The molecule has 2 aromatic carbocycles. The van der Waals surface area contributed by atoms with E-state index in [1.165, 1.54) is 28.0 Å². The number of aromatic nitrogens is 1. The van der Waals surface area contributed by atoms with Crippen molar-refractivity contribution in [1.29, 1.82) is 0 Å². The van der Waals surface area contributed by atoms with Crippen LogP contribution < -0.4 is 5.01 Å². The number of thiazole rings is 1. The lowest BCUT2D eigenvalue weighted by atomic mass is 9.77. The Balaban J connectivity index is 1.58. The summed E-state index contributed by atoms with van der Waals surface area (Å²) in [5.41, 5.74) is 5.43. The van der Waals surface area contributed by atoms with Gasteiger partial charge in [-0.2, -0.15) is 5.10 Å². The number of benzene rings is 2. The molecule has 180 valence electrons. The lowest BCUT2D eigenvalue weighted by Crippen LogP contribution is -2.28. The average molecular weight is 615 g/mol. The maximum absolute atomic E-state index is 12.5. The van der Waals surface area contributed by atoms with E-state index in [1.54, 1.807) is 0 Å². The summed E-state index contributed by atoms with van der Waals surface area (Å²) < 4.78 is 7.36. The summed E-state index contributed by atoms with van der Waals surface area (Å²) in [6, 6.07) is 16.8. The van der Waals surface area contributed by atoms with Crippen molar-refractivity contribution in [2.45, 2.75) is 39.2 Å². The van der Waals surface area contributed by atoms with Gasteiger partial charge in [0.2, 0.25) is 5.13 Å². The molecule has 35 heavy (non-hydrogen) atoms. The second kappa shape index (κ2) is 10.4. The number of halogens is 2. The molecule has 0 unspecified atom stereocenters. The fourth-order valence-corrected chi connectivity index (χ4v) is 6.25. The number of aryl methyl sites for hydroxylation is 1. The molecule has 1 aliphatic heterocycles. The highest BCUT2D eigenvalue weighted by atomic mass is 79.9. The minimum absolute atomic E-state index is 0.0207. The van der Waals surface area contributed by atoms with Gasteiger partial charge in [0, 0.05) is 14.9 Å². The summed E-state index contributed by atoms with van der Waals surface area (Å²) in [5.74, 6) is -0.0732. The molecule has 0 spiro atoms. The Labute approximate surface area is 226 Å². The third-order valence-corrected chi connectivity index (χ3v) is 8.55. The Morgan fingerprint density at radius 1 is 1.14 bits per heavy atom. The molecule has 1 saturated carbocycles. The standard InChI is InChI=1S/C27H25Br2N3O2S/c1-3-34-26(33)25-16(2)30-27(35-25)32-24(18-9-13-21(29)14-10-18)22-6-4-5-19(23(22)31-32)15-17-7-11-20(28)12-8-17/h7-15,22,24H,3-6H2,1-2H3/b19-15-/t22-,24+/m0/s1. The quantitative estimate of drug-likeness (QED) is 0.274. The summed E-state index contributed by atoms with van der Waals surface area (Å²) in [5, 5.41) is 7.93. The summed E-state index contributed by atoms with van der Waals surface area (Å²) in [6.07, 6.45) is 5.43. The second-order valence-electron chi connectivity index (χ2n) is 8.68. The number of carbonyl (C=O) groups is 1. The molecule has 1 aromatic heterocycles. The van der Waals surface area contributed by atoms with Crippen LogP contribution >= 0.6 is 43.2 Å². The number of hydrogen-bond acceptors (Lipinski definition) is 6. The van der Waals surface area contributed by atoms with E-state index in [-0.39, 0.29) is 17.9 Å². The molecule has 3 aromatic rings. The van der Waals surface area contributed by atoms with Crippen LogP contribution in [0.25, 0.3) is 6.08 Å². The number of nitrogens with zero attached hydrogens (tertiary/aromatic N) is 3. The smallest absolute Gasteiger partial charge is 0.350 e. The summed E-state index contributed by atoms with van der Waals surface area (Å²) in [7, 11) is 0. The van der Waals surface area contributed by atoms with Crippen molar-refractivity contribution in [3.63, 3.8) is 0 Å². The fraction of sp³-hybridized carbons (Fsp3) is 0.296. The van der Waals surface area contributed by atoms with Gasteiger partial charge >= 0.3 is 5.97 Å². The Hall–Kier alpha value is -2.29. The van der Waals surface area contributed by atoms with Crippen LogP contribution in [0.2, 0.25) is 0 Å². The Bertz CT molecular complexity index is 1300. The van der Waals surface area contributed by atoms with Crippen molar-refractivity contribution in [1.82, 2.24) is 4.98 Å². The van der Waals surface area contributed by atoms with E-state index in [2.05, 4.69) is 86.5 Å². The van der Waals surface area contributed by atoms with Crippen molar-refractivity contribution in [3.05, 3.63) is 84.7 Å². The minimum atomic E-state index is -0.325. The largest absolute Gasteiger partial charge is 0.462 e. The number of carbonyl (C=O) groups excluding carboxylic acids is 1. The molecule has 0 bridgehead atoms. The van der Waals surface area contributed by atoms with Crippen LogP contribution in [0.3, 0.4) is 0 Å². The Morgan fingerprint density at radius 3 is 2.51 bits per heavy atom. The van der Waals surface area contributed by atoms with Gasteiger partial charge in [0.25, 0.3) is 0 Å². The van der Waals surface area contributed by atoms with Gasteiger partial charge in [-0.05, 0) is 80.2 Å². The fourth-order valence-electron chi connectivity index (χ4n) is 4.78. The van der Waals surface area contributed by atoms with Crippen molar-refractivity contribution in [2.75, 3.05) is 11.6 Å². The first-order valence-electron chi connectivity index (χ1n) is 11.7. The van der Waals surface area contributed by atoms with Gasteiger partial charge in [-0.25, -0.2) is 14.8 Å². The molecule has 8 heteroatoms. The topological polar surface area (TPSA) is 54.8 Å². The first-order valence-corrected chi connectivity index (χ1v) is 14.1. The zero-order valence-corrected chi connectivity index (χ0v) is 23.5. The van der Waals surface area contributed by atoms with Gasteiger partial charge in [-0.3, -0.25) is 0 Å². The molecule has 1 aliphatic carbocycles. The lowest BCUT2D eigenvalue weighted by Gasteiger charge is -2.29. The minimum Gasteiger partial charge on any atom is -0.462 e. The predicted molar refractivity (Wildman–Crippen MR) is 149 cm³/mol. The van der Waals surface area contributed by atoms with Crippen LogP contribution in [0, 0.1) is 12.8 Å². The summed E-state index contributed by atoms with van der Waals surface area (Å²) in [6.45, 7) is 4.01. The maximum atomic E-state index is 12.5. The molecular weight excluding hydrogens is 590 g/mol. The molecule has 5 rings (SSSR count). The molecule has 5 nitrogen and oxygen atoms in total. The van der Waals surface area contributed by atoms with Gasteiger partial charge in [0.15, 0.2) is 0 Å². The summed E-state index contributed by atoms with van der Waals surface area (Å²) in [4.78, 5) is 17.8. The molecule has 2 heterocycles. The molecular formula is C27H25Br2N3O2S. The average Bonchev–Trinajstić information content (AvgIpc) is 3.43. The molecule has 2 aliphatic rings. The van der Waals surface area contributed by atoms with Crippen LogP contribution in [0.1, 0.15) is 58.7 Å². The van der Waals surface area contributed by atoms with Crippen LogP contribution in [-0.2, 0) is 4.74 Å². The number of hydrazone groups is 1. The molecule has 2 atom stereocenters. The van der Waals surface area contributed by atoms with E-state index in [4.69, 9.17) is 14.8 Å². The molecule has 0 N–H and O–H groups in total. The van der Waals surface area contributed by atoms with Crippen LogP contribution in [0.15, 0.2) is 68.2 Å². The van der Waals surface area contributed by atoms with Gasteiger partial charge in [-0.1, -0.05) is 67.5 Å². The number of ether oxygens (including phenoxy) is 1. The van der Waals surface area contributed by atoms with Crippen molar-refractivity contribution >= 4 is 66.1 Å². The van der Waals surface area contributed by atoms with Crippen LogP contribution in [-0.4, -0.2) is 23.3 Å². The zero-order valence-electron chi connectivity index (χ0n) is 19.5. The monoisotopic (exact) mass is 613 g/mol. The van der Waals surface area contributed by atoms with Crippen molar-refractivity contribution in [3.8, 4) is 0 Å². The first-order chi connectivity index (χ1) is 16.9. The van der Waals surface area contributed by atoms with E-state index in [0.29, 0.717) is 17.2 Å². The van der Waals surface area contributed by atoms with Gasteiger partial charge in [0.05, 0.1) is 24.1 Å². The Kier molecular flexibility index (Phi) is 7.23. The Morgan fingerprint density at radius 2 is 1.83 bits per heavy atom. The zero-order chi connectivity index (χ0) is 24.5. The highest BCUT2D eigenvalue weighted by Gasteiger charge is 2.43. The normalized spacial score (nSPS) is 20.6. The number of anilines is 1. The number of esters is 1. The van der Waals surface area contributed by atoms with Gasteiger partial charge in [-0.15, -0.1) is 0 Å². The molecule has 0 saturated heterocycles.